The van der Waals surface area contributed by atoms with E-state index in [9.17, 15) is 9.59 Å². The van der Waals surface area contributed by atoms with E-state index in [-0.39, 0.29) is 11.6 Å². The van der Waals surface area contributed by atoms with Gasteiger partial charge in [0, 0.05) is 27.4 Å². The number of primary amides is 1. The van der Waals surface area contributed by atoms with E-state index in [1.807, 2.05) is 18.2 Å². The molecule has 0 radical (unpaired) electrons. The Balaban J connectivity index is 1.60. The Kier molecular flexibility index (Phi) is 6.05. The summed E-state index contributed by atoms with van der Waals surface area (Å²) in [7, 11) is 0. The number of hydrogen-bond donors (Lipinski definition) is 2. The van der Waals surface area contributed by atoms with Gasteiger partial charge in [-0.15, -0.1) is 0 Å². The number of nitrogens with zero attached hydrogens (tertiary/aromatic N) is 4. The van der Waals surface area contributed by atoms with Gasteiger partial charge >= 0.3 is 0 Å². The van der Waals surface area contributed by atoms with Crippen molar-refractivity contribution in [1.29, 1.82) is 5.26 Å². The molecule has 1 aliphatic carbocycles. The molecule has 2 amide bonds. The molecule has 172 valence electrons. The molecule has 8 nitrogen and oxygen atoms in total. The normalized spacial score (nSPS) is 11.8. The first-order valence-electron chi connectivity index (χ1n) is 10.9. The molecule has 4 aromatic rings. The lowest BCUT2D eigenvalue weighted by Gasteiger charge is -2.20. The molecule has 0 atom stereocenters. The lowest BCUT2D eigenvalue weighted by atomic mass is 9.88. The molecule has 9 heteroatoms. The van der Waals surface area contributed by atoms with E-state index < -0.39 is 5.91 Å². The molecular formula is C26H19IN6O2. The highest BCUT2D eigenvalue weighted by Gasteiger charge is 2.28. The fraction of sp³-hybridized carbons (Fsp3) is 0.115. The zero-order valence-electron chi connectivity index (χ0n) is 18.5. The molecule has 0 saturated carbocycles. The van der Waals surface area contributed by atoms with Gasteiger partial charge in [-0.3, -0.25) is 14.6 Å². The van der Waals surface area contributed by atoms with Gasteiger partial charge in [-0.25, -0.2) is 4.68 Å². The molecule has 1 aliphatic rings. The first kappa shape index (κ1) is 22.7. The van der Waals surface area contributed by atoms with Crippen LogP contribution in [0.5, 0.6) is 0 Å². The number of alkyl halides is 1. The minimum atomic E-state index is -0.593. The average molecular weight is 574 g/mol. The third-order valence-corrected chi connectivity index (χ3v) is 6.71. The minimum absolute atomic E-state index is 0.228. The van der Waals surface area contributed by atoms with Gasteiger partial charge < -0.3 is 11.1 Å². The van der Waals surface area contributed by atoms with Gasteiger partial charge in [0.05, 0.1) is 34.3 Å². The third kappa shape index (κ3) is 4.17. The van der Waals surface area contributed by atoms with Crippen LogP contribution in [0.2, 0.25) is 0 Å². The lowest BCUT2D eigenvalue weighted by Crippen LogP contribution is -2.16. The van der Waals surface area contributed by atoms with E-state index >= 15 is 0 Å². The summed E-state index contributed by atoms with van der Waals surface area (Å²) in [5.41, 5.74) is 12.5. The molecule has 0 aliphatic heterocycles. The lowest BCUT2D eigenvalue weighted by molar-refractivity contribution is 0.0992. The summed E-state index contributed by atoms with van der Waals surface area (Å²) in [6.07, 6.45) is 3.01. The number of halogens is 1. The summed E-state index contributed by atoms with van der Waals surface area (Å²) in [6, 6.07) is 18.3. The fourth-order valence-corrected chi connectivity index (χ4v) is 4.94. The Bertz CT molecular complexity index is 1520. The van der Waals surface area contributed by atoms with Crippen molar-refractivity contribution in [3.05, 3.63) is 94.4 Å². The largest absolute Gasteiger partial charge is 0.364 e. The molecule has 0 saturated heterocycles. The van der Waals surface area contributed by atoms with Gasteiger partial charge in [0.2, 0.25) is 0 Å². The molecule has 5 rings (SSSR count). The number of aryl methyl sites for hydroxylation is 1. The molecule has 0 spiro atoms. The first-order valence-corrected chi connectivity index (χ1v) is 12.4. The maximum atomic E-state index is 13.0. The van der Waals surface area contributed by atoms with Crippen molar-refractivity contribution >= 4 is 40.1 Å². The monoisotopic (exact) mass is 574 g/mol. The number of nitriles is 1. The Morgan fingerprint density at radius 3 is 2.66 bits per heavy atom. The summed E-state index contributed by atoms with van der Waals surface area (Å²) in [5, 5.41) is 16.7. The van der Waals surface area contributed by atoms with Crippen molar-refractivity contribution in [3.8, 4) is 23.0 Å². The quantitative estimate of drug-likeness (QED) is 0.273. The van der Waals surface area contributed by atoms with Crippen molar-refractivity contribution in [2.75, 3.05) is 5.32 Å². The van der Waals surface area contributed by atoms with Crippen LogP contribution in [0.3, 0.4) is 0 Å². The molecule has 2 aromatic heterocycles. The number of nitrogens with two attached hydrogens (primary N) is 1. The Labute approximate surface area is 214 Å². The van der Waals surface area contributed by atoms with E-state index in [0.717, 1.165) is 34.5 Å². The van der Waals surface area contributed by atoms with Crippen molar-refractivity contribution < 1.29 is 9.59 Å². The number of rotatable bonds is 5. The second-order valence-corrected chi connectivity index (χ2v) is 8.83. The highest BCUT2D eigenvalue weighted by Crippen LogP contribution is 2.38. The van der Waals surface area contributed by atoms with E-state index in [1.54, 1.807) is 47.3 Å². The van der Waals surface area contributed by atoms with Crippen molar-refractivity contribution in [1.82, 2.24) is 14.8 Å². The summed E-state index contributed by atoms with van der Waals surface area (Å²) < 4.78 is 2.31. The van der Waals surface area contributed by atoms with Crippen LogP contribution in [0.4, 0.5) is 5.69 Å². The van der Waals surface area contributed by atoms with E-state index in [0.29, 0.717) is 33.4 Å². The SMILES string of the molecule is N#Cc1ccc(-n2nc(C(N)=O)c3c2-c2cc(NC(=O)c4cccnc4CI)ccc2CC3)cc1. The highest BCUT2D eigenvalue weighted by molar-refractivity contribution is 14.1. The molecule has 2 heterocycles. The number of carbonyl (C=O) groups excluding carboxylic acids is 2. The Morgan fingerprint density at radius 1 is 1.14 bits per heavy atom. The van der Waals surface area contributed by atoms with Crippen molar-refractivity contribution in [2.24, 2.45) is 5.73 Å². The first-order chi connectivity index (χ1) is 17.0. The van der Waals surface area contributed by atoms with Gasteiger partial charge in [0.15, 0.2) is 5.69 Å². The van der Waals surface area contributed by atoms with Crippen LogP contribution >= 0.6 is 22.6 Å². The number of carbonyl (C=O) groups is 2. The summed E-state index contributed by atoms with van der Waals surface area (Å²) in [5.74, 6) is -0.830. The molecule has 0 fully saturated rings. The van der Waals surface area contributed by atoms with Crippen molar-refractivity contribution in [3.63, 3.8) is 0 Å². The van der Waals surface area contributed by atoms with E-state index in [2.05, 4.69) is 44.1 Å². The predicted molar refractivity (Wildman–Crippen MR) is 140 cm³/mol. The smallest absolute Gasteiger partial charge is 0.269 e. The van der Waals surface area contributed by atoms with Crippen LogP contribution in [-0.4, -0.2) is 26.6 Å². The number of benzene rings is 2. The molecule has 3 N–H and O–H groups in total. The van der Waals surface area contributed by atoms with Gasteiger partial charge in [-0.05, 0) is 66.9 Å². The topological polar surface area (TPSA) is 127 Å². The van der Waals surface area contributed by atoms with Gasteiger partial charge in [-0.1, -0.05) is 28.7 Å². The Morgan fingerprint density at radius 2 is 1.94 bits per heavy atom. The minimum Gasteiger partial charge on any atom is -0.364 e. The second kappa shape index (κ2) is 9.31. The average Bonchev–Trinajstić information content (AvgIpc) is 3.29. The van der Waals surface area contributed by atoms with Crippen LogP contribution < -0.4 is 11.1 Å². The zero-order valence-corrected chi connectivity index (χ0v) is 20.6. The van der Waals surface area contributed by atoms with Crippen molar-refractivity contribution in [2.45, 2.75) is 17.3 Å². The third-order valence-electron chi connectivity index (χ3n) is 5.99. The van der Waals surface area contributed by atoms with E-state index in [1.165, 1.54) is 0 Å². The van der Waals surface area contributed by atoms with Crippen LogP contribution in [0, 0.1) is 11.3 Å². The highest BCUT2D eigenvalue weighted by atomic mass is 127. The van der Waals surface area contributed by atoms with Gasteiger partial charge in [0.25, 0.3) is 11.8 Å². The molecule has 0 bridgehead atoms. The summed E-state index contributed by atoms with van der Waals surface area (Å²) >= 11 is 2.19. The molecule has 35 heavy (non-hydrogen) atoms. The number of amides is 2. The summed E-state index contributed by atoms with van der Waals surface area (Å²) in [6.45, 7) is 0. The molecular weight excluding hydrogens is 555 g/mol. The van der Waals surface area contributed by atoms with E-state index in [4.69, 9.17) is 11.0 Å². The number of pyridine rings is 1. The number of hydrogen-bond acceptors (Lipinski definition) is 5. The summed E-state index contributed by atoms with van der Waals surface area (Å²) in [4.78, 5) is 29.5. The number of aromatic nitrogens is 3. The van der Waals surface area contributed by atoms with Crippen LogP contribution in [0.1, 0.15) is 43.2 Å². The van der Waals surface area contributed by atoms with Crippen LogP contribution in [0.25, 0.3) is 16.9 Å². The maximum absolute atomic E-state index is 13.0. The second-order valence-electron chi connectivity index (χ2n) is 8.07. The van der Waals surface area contributed by atoms with Crippen LogP contribution in [-0.2, 0) is 17.3 Å². The molecule has 0 unspecified atom stereocenters. The Hall–Kier alpha value is -4.04. The zero-order chi connectivity index (χ0) is 24.5. The number of anilines is 1. The standard InChI is InChI=1S/C26H19IN6O2/c27-13-22-19(2-1-11-30-22)26(35)31-17-7-5-16-6-10-20-23(25(29)34)32-33(24(20)21(16)12-17)18-8-3-15(14-28)4-9-18/h1-5,7-9,11-12H,6,10,13H2,(H2,29,34)(H,31,35). The maximum Gasteiger partial charge on any atom is 0.269 e. The fourth-order valence-electron chi connectivity index (χ4n) is 4.33. The van der Waals surface area contributed by atoms with Gasteiger partial charge in [-0.2, -0.15) is 10.4 Å². The number of nitrogens with one attached hydrogen (secondary N) is 1. The predicted octanol–water partition coefficient (Wildman–Crippen LogP) is 4.19. The van der Waals surface area contributed by atoms with Crippen LogP contribution in [0.15, 0.2) is 60.8 Å². The number of fused-ring (bicyclic) bond motifs is 3. The molecule has 2 aromatic carbocycles. The van der Waals surface area contributed by atoms with Gasteiger partial charge in [0.1, 0.15) is 0 Å².